The number of aliphatic hydroxyl groups is 1. The van der Waals surface area contributed by atoms with E-state index in [-0.39, 0.29) is 5.75 Å². The highest BCUT2D eigenvalue weighted by Gasteiger charge is 2.54. The summed E-state index contributed by atoms with van der Waals surface area (Å²) in [7, 11) is 0. The summed E-state index contributed by atoms with van der Waals surface area (Å²) >= 11 is 11.8. The lowest BCUT2D eigenvalue weighted by Gasteiger charge is -2.19. The van der Waals surface area contributed by atoms with Gasteiger partial charge in [0, 0.05) is 37.9 Å². The third-order valence-corrected chi connectivity index (χ3v) is 4.90. The maximum Gasteiger partial charge on any atom is 0.121 e. The Morgan fingerprint density at radius 1 is 1.17 bits per heavy atom. The maximum atomic E-state index is 9.84. The Kier molecular flexibility index (Phi) is 3.18. The minimum Gasteiger partial charge on any atom is -0.508 e. The maximum absolute atomic E-state index is 9.84. The Hall–Kier alpha value is -0.480. The van der Waals surface area contributed by atoms with Crippen LogP contribution in [0, 0.1) is 17.8 Å². The van der Waals surface area contributed by atoms with Crippen LogP contribution in [0.3, 0.4) is 0 Å². The van der Waals surface area contributed by atoms with Crippen LogP contribution in [0.2, 0.25) is 10.0 Å². The van der Waals surface area contributed by atoms with Gasteiger partial charge in [-0.05, 0) is 23.8 Å². The van der Waals surface area contributed by atoms with Gasteiger partial charge in [-0.2, -0.15) is 0 Å². The Morgan fingerprint density at radius 2 is 1.78 bits per heavy atom. The summed E-state index contributed by atoms with van der Waals surface area (Å²) in [5.41, 5.74) is 0.811. The number of benzene rings is 1. The molecular weight excluding hydrogens is 273 g/mol. The average Bonchev–Trinajstić information content (AvgIpc) is 2.80. The van der Waals surface area contributed by atoms with Crippen molar-refractivity contribution in [2.24, 2.45) is 17.8 Å². The number of nitrogens with zero attached hydrogens (tertiary/aromatic N) is 1. The summed E-state index contributed by atoms with van der Waals surface area (Å²) in [5, 5.41) is 19.8. The summed E-state index contributed by atoms with van der Waals surface area (Å²) in [6.07, 6.45) is 0. The van der Waals surface area contributed by atoms with Crippen molar-refractivity contribution >= 4 is 23.2 Å². The van der Waals surface area contributed by atoms with E-state index in [9.17, 15) is 5.11 Å². The molecule has 1 aliphatic carbocycles. The first-order chi connectivity index (χ1) is 8.60. The van der Waals surface area contributed by atoms with Gasteiger partial charge in [-0.3, -0.25) is 4.90 Å². The van der Waals surface area contributed by atoms with E-state index in [2.05, 4.69) is 4.90 Å². The summed E-state index contributed by atoms with van der Waals surface area (Å²) in [4.78, 5) is 2.29. The number of piperidine rings is 1. The summed E-state index contributed by atoms with van der Waals surface area (Å²) in [6.45, 7) is 2.99. The summed E-state index contributed by atoms with van der Waals surface area (Å²) < 4.78 is 0. The Balaban J connectivity index is 1.66. The largest absolute Gasteiger partial charge is 0.508 e. The van der Waals surface area contributed by atoms with Crippen LogP contribution < -0.4 is 0 Å². The second-order valence-corrected chi connectivity index (χ2v) is 6.08. The molecule has 3 rings (SSSR count). The van der Waals surface area contributed by atoms with Crippen LogP contribution in [0.25, 0.3) is 0 Å². The molecule has 3 nitrogen and oxygen atoms in total. The van der Waals surface area contributed by atoms with E-state index in [1.54, 1.807) is 6.07 Å². The van der Waals surface area contributed by atoms with Gasteiger partial charge in [-0.1, -0.05) is 23.2 Å². The normalized spacial score (nSPS) is 30.5. The number of hydrogen-bond acceptors (Lipinski definition) is 3. The summed E-state index contributed by atoms with van der Waals surface area (Å²) in [5.74, 6) is 1.98. The van der Waals surface area contributed by atoms with Crippen LogP contribution in [0.15, 0.2) is 12.1 Å². The zero-order valence-corrected chi connectivity index (χ0v) is 11.3. The monoisotopic (exact) mass is 287 g/mol. The molecule has 3 atom stereocenters. The first kappa shape index (κ1) is 12.5. The van der Waals surface area contributed by atoms with Gasteiger partial charge in [-0.15, -0.1) is 0 Å². The quantitative estimate of drug-likeness (QED) is 0.897. The van der Waals surface area contributed by atoms with Crippen LogP contribution in [-0.2, 0) is 6.54 Å². The molecule has 0 unspecified atom stereocenters. The second kappa shape index (κ2) is 4.57. The minimum atomic E-state index is 0.198. The molecule has 2 aliphatic rings. The molecule has 5 heteroatoms. The standard InChI is InChI=1S/C13H15Cl2NO2/c14-11-1-7(13(18)2-12(11)15)3-16-4-8-9(5-16)10(8)6-17/h1-2,8-10,17-18H,3-6H2/t8-,9+,10+. The fourth-order valence-corrected chi connectivity index (χ4v) is 3.43. The highest BCUT2D eigenvalue weighted by molar-refractivity contribution is 6.42. The molecule has 1 heterocycles. The van der Waals surface area contributed by atoms with E-state index < -0.39 is 0 Å². The van der Waals surface area contributed by atoms with Crippen molar-refractivity contribution in [1.29, 1.82) is 0 Å². The molecule has 0 spiro atoms. The number of aliphatic hydroxyl groups excluding tert-OH is 1. The van der Waals surface area contributed by atoms with E-state index in [4.69, 9.17) is 28.3 Å². The lowest BCUT2D eigenvalue weighted by Crippen LogP contribution is -2.24. The van der Waals surface area contributed by atoms with Gasteiger partial charge < -0.3 is 10.2 Å². The first-order valence-corrected chi connectivity index (χ1v) is 6.86. The van der Waals surface area contributed by atoms with E-state index in [0.717, 1.165) is 18.7 Å². The smallest absolute Gasteiger partial charge is 0.121 e. The third-order valence-electron chi connectivity index (χ3n) is 4.17. The third kappa shape index (κ3) is 2.10. The minimum absolute atomic E-state index is 0.198. The van der Waals surface area contributed by atoms with Crippen LogP contribution >= 0.6 is 23.2 Å². The lowest BCUT2D eigenvalue weighted by atomic mass is 10.1. The molecular formula is C13H15Cl2NO2. The molecule has 0 amide bonds. The molecule has 2 N–H and O–H groups in total. The first-order valence-electron chi connectivity index (χ1n) is 6.10. The zero-order valence-electron chi connectivity index (χ0n) is 9.81. The molecule has 18 heavy (non-hydrogen) atoms. The van der Waals surface area contributed by atoms with Crippen molar-refractivity contribution in [3.05, 3.63) is 27.7 Å². The highest BCUT2D eigenvalue weighted by Crippen LogP contribution is 2.51. The number of fused-ring (bicyclic) bond motifs is 1. The van der Waals surface area contributed by atoms with Gasteiger partial charge in [0.2, 0.25) is 0 Å². The van der Waals surface area contributed by atoms with Crippen LogP contribution in [0.4, 0.5) is 0 Å². The van der Waals surface area contributed by atoms with Gasteiger partial charge in [0.25, 0.3) is 0 Å². The topological polar surface area (TPSA) is 43.7 Å². The van der Waals surface area contributed by atoms with Crippen molar-refractivity contribution in [2.45, 2.75) is 6.54 Å². The summed E-state index contributed by atoms with van der Waals surface area (Å²) in [6, 6.07) is 3.22. The fourth-order valence-electron chi connectivity index (χ4n) is 3.08. The number of aromatic hydroxyl groups is 1. The molecule has 0 aromatic heterocycles. The predicted octanol–water partition coefficient (Wildman–Crippen LogP) is 2.37. The highest BCUT2D eigenvalue weighted by atomic mass is 35.5. The number of likely N-dealkylation sites (tertiary alicyclic amines) is 1. The SMILES string of the molecule is OC[C@@H]1[C@H]2CN(Cc3cc(Cl)c(Cl)cc3O)C[C@@H]12. The number of halogens is 2. The van der Waals surface area contributed by atoms with Gasteiger partial charge in [0.15, 0.2) is 0 Å². The van der Waals surface area contributed by atoms with E-state index in [1.165, 1.54) is 6.07 Å². The number of hydrogen-bond donors (Lipinski definition) is 2. The Bertz CT molecular complexity index is 468. The van der Waals surface area contributed by atoms with Crippen molar-refractivity contribution in [3.63, 3.8) is 0 Å². The number of phenolic OH excluding ortho intramolecular Hbond substituents is 1. The van der Waals surface area contributed by atoms with Gasteiger partial charge in [-0.25, -0.2) is 0 Å². The van der Waals surface area contributed by atoms with Crippen molar-refractivity contribution < 1.29 is 10.2 Å². The molecule has 1 aromatic carbocycles. The molecule has 1 aromatic rings. The van der Waals surface area contributed by atoms with Crippen molar-refractivity contribution in [3.8, 4) is 5.75 Å². The molecule has 1 aliphatic heterocycles. The molecule has 1 saturated carbocycles. The molecule has 1 saturated heterocycles. The van der Waals surface area contributed by atoms with Crippen LogP contribution in [0.1, 0.15) is 5.56 Å². The molecule has 98 valence electrons. The lowest BCUT2D eigenvalue weighted by molar-refractivity contribution is 0.216. The van der Waals surface area contributed by atoms with Crippen LogP contribution in [0.5, 0.6) is 5.75 Å². The van der Waals surface area contributed by atoms with Gasteiger partial charge in [0.1, 0.15) is 5.75 Å². The van der Waals surface area contributed by atoms with E-state index >= 15 is 0 Å². The zero-order chi connectivity index (χ0) is 12.9. The van der Waals surface area contributed by atoms with Crippen molar-refractivity contribution in [1.82, 2.24) is 4.90 Å². The second-order valence-electron chi connectivity index (χ2n) is 5.26. The van der Waals surface area contributed by atoms with Crippen molar-refractivity contribution in [2.75, 3.05) is 19.7 Å². The Morgan fingerprint density at radius 3 is 2.39 bits per heavy atom. The van der Waals surface area contributed by atoms with E-state index in [0.29, 0.717) is 41.0 Å². The molecule has 0 bridgehead atoms. The number of rotatable bonds is 3. The predicted molar refractivity (Wildman–Crippen MR) is 71.0 cm³/mol. The average molecular weight is 288 g/mol. The van der Waals surface area contributed by atoms with Gasteiger partial charge in [0.05, 0.1) is 10.0 Å². The van der Waals surface area contributed by atoms with E-state index in [1.807, 2.05) is 0 Å². The van der Waals surface area contributed by atoms with Crippen LogP contribution in [-0.4, -0.2) is 34.8 Å². The number of phenols is 1. The molecule has 2 fully saturated rings. The van der Waals surface area contributed by atoms with Gasteiger partial charge >= 0.3 is 0 Å². The molecule has 0 radical (unpaired) electrons. The Labute approximate surface area is 116 Å². The fraction of sp³-hybridized carbons (Fsp3) is 0.538.